The van der Waals surface area contributed by atoms with Gasteiger partial charge in [0.15, 0.2) is 0 Å². The number of urea groups is 1. The van der Waals surface area contributed by atoms with Gasteiger partial charge in [0.05, 0.1) is 5.69 Å². The van der Waals surface area contributed by atoms with Crippen LogP contribution in [0.5, 0.6) is 0 Å². The standard InChI is InChI=1S/C22H28FN5O/c1-17-5-4-10-24-21(17)27-13-15-28(16-14-27)22(29)25-18-8-11-26(12-9-18)20-7-3-2-6-19(20)23/h2-7,10,18H,8-9,11-16H2,1H3,(H,25,29). The number of amides is 2. The molecule has 0 bridgehead atoms. The van der Waals surface area contributed by atoms with E-state index in [-0.39, 0.29) is 17.9 Å². The Balaban J connectivity index is 1.25. The minimum atomic E-state index is -0.184. The Hall–Kier alpha value is -2.83. The Labute approximate surface area is 171 Å². The number of carbonyl (C=O) groups is 1. The number of halogens is 1. The van der Waals surface area contributed by atoms with E-state index in [9.17, 15) is 9.18 Å². The maximum atomic E-state index is 14.0. The molecule has 6 nitrogen and oxygen atoms in total. The molecule has 7 heteroatoms. The second kappa shape index (κ2) is 8.68. The molecule has 2 fully saturated rings. The third-order valence-electron chi connectivity index (χ3n) is 5.86. The average Bonchev–Trinajstić information content (AvgIpc) is 2.75. The van der Waals surface area contributed by atoms with Crippen LogP contribution in [0, 0.1) is 12.7 Å². The molecule has 2 aliphatic heterocycles. The molecular weight excluding hydrogens is 369 g/mol. The van der Waals surface area contributed by atoms with Gasteiger partial charge < -0.3 is 20.0 Å². The highest BCUT2D eigenvalue weighted by Gasteiger charge is 2.26. The monoisotopic (exact) mass is 397 g/mol. The van der Waals surface area contributed by atoms with Crippen molar-refractivity contribution in [1.29, 1.82) is 0 Å². The number of piperidine rings is 1. The summed E-state index contributed by atoms with van der Waals surface area (Å²) in [5.74, 6) is 0.823. The molecule has 4 rings (SSSR count). The first-order valence-electron chi connectivity index (χ1n) is 10.3. The van der Waals surface area contributed by atoms with Crippen molar-refractivity contribution >= 4 is 17.5 Å². The van der Waals surface area contributed by atoms with Gasteiger partial charge in [-0.2, -0.15) is 0 Å². The summed E-state index contributed by atoms with van der Waals surface area (Å²) in [5, 5.41) is 3.17. The zero-order valence-electron chi connectivity index (χ0n) is 16.9. The van der Waals surface area contributed by atoms with Crippen LogP contribution in [0.3, 0.4) is 0 Å². The van der Waals surface area contributed by atoms with E-state index in [1.165, 1.54) is 6.07 Å². The number of hydrogen-bond donors (Lipinski definition) is 1. The highest BCUT2D eigenvalue weighted by molar-refractivity contribution is 5.75. The number of piperazine rings is 1. The Morgan fingerprint density at radius 3 is 2.41 bits per heavy atom. The summed E-state index contributed by atoms with van der Waals surface area (Å²) in [7, 11) is 0. The fraction of sp³-hybridized carbons (Fsp3) is 0.455. The number of rotatable bonds is 3. The summed E-state index contributed by atoms with van der Waals surface area (Å²) in [5.41, 5.74) is 1.81. The van der Waals surface area contributed by atoms with Crippen LogP contribution in [0.15, 0.2) is 42.6 Å². The highest BCUT2D eigenvalue weighted by Crippen LogP contribution is 2.23. The molecule has 29 heavy (non-hydrogen) atoms. The fourth-order valence-corrected chi connectivity index (χ4v) is 4.17. The molecule has 1 aromatic heterocycles. The molecule has 0 spiro atoms. The van der Waals surface area contributed by atoms with E-state index in [0.717, 1.165) is 50.4 Å². The zero-order chi connectivity index (χ0) is 20.2. The largest absolute Gasteiger partial charge is 0.369 e. The second-order valence-electron chi connectivity index (χ2n) is 7.78. The Bertz CT molecular complexity index is 845. The number of pyridine rings is 1. The molecule has 0 radical (unpaired) electrons. The van der Waals surface area contributed by atoms with E-state index in [2.05, 4.69) is 33.1 Å². The lowest BCUT2D eigenvalue weighted by atomic mass is 10.0. The van der Waals surface area contributed by atoms with Crippen LogP contribution in [0.25, 0.3) is 0 Å². The van der Waals surface area contributed by atoms with Gasteiger partial charge in [0.1, 0.15) is 11.6 Å². The maximum Gasteiger partial charge on any atom is 0.317 e. The van der Waals surface area contributed by atoms with Crippen LogP contribution >= 0.6 is 0 Å². The summed E-state index contributed by atoms with van der Waals surface area (Å²) >= 11 is 0. The van der Waals surface area contributed by atoms with Crippen LogP contribution in [0.2, 0.25) is 0 Å². The number of aromatic nitrogens is 1. The third-order valence-corrected chi connectivity index (χ3v) is 5.86. The minimum Gasteiger partial charge on any atom is -0.369 e. The lowest BCUT2D eigenvalue weighted by molar-refractivity contribution is 0.188. The number of nitrogens with one attached hydrogen (secondary N) is 1. The molecule has 3 heterocycles. The van der Waals surface area contributed by atoms with E-state index in [4.69, 9.17) is 0 Å². The SMILES string of the molecule is Cc1cccnc1N1CCN(C(=O)NC2CCN(c3ccccc3F)CC2)CC1. The zero-order valence-corrected chi connectivity index (χ0v) is 16.9. The summed E-state index contributed by atoms with van der Waals surface area (Å²) < 4.78 is 14.0. The molecule has 154 valence electrons. The first kappa shape index (κ1) is 19.5. The molecule has 2 aromatic rings. The van der Waals surface area contributed by atoms with Gasteiger partial charge in [-0.25, -0.2) is 14.2 Å². The van der Waals surface area contributed by atoms with Crippen LogP contribution < -0.4 is 15.1 Å². The van der Waals surface area contributed by atoms with Crippen LogP contribution in [0.1, 0.15) is 18.4 Å². The van der Waals surface area contributed by atoms with Crippen LogP contribution in [0.4, 0.5) is 20.7 Å². The van der Waals surface area contributed by atoms with Gasteiger partial charge in [-0.3, -0.25) is 0 Å². The number of nitrogens with zero attached hydrogens (tertiary/aromatic N) is 4. The van der Waals surface area contributed by atoms with Crippen molar-refractivity contribution in [1.82, 2.24) is 15.2 Å². The van der Waals surface area contributed by atoms with Crippen molar-refractivity contribution in [3.63, 3.8) is 0 Å². The number of anilines is 2. The third kappa shape index (κ3) is 4.44. The molecule has 0 saturated carbocycles. The van der Waals surface area contributed by atoms with Crippen molar-refractivity contribution in [3.8, 4) is 0 Å². The van der Waals surface area contributed by atoms with Crippen LogP contribution in [-0.4, -0.2) is 61.2 Å². The lowest BCUT2D eigenvalue weighted by Crippen LogP contribution is -2.55. The second-order valence-corrected chi connectivity index (χ2v) is 7.78. The van der Waals surface area contributed by atoms with Crippen molar-refractivity contribution in [2.75, 3.05) is 49.1 Å². The van der Waals surface area contributed by atoms with Gasteiger partial charge in [0.25, 0.3) is 0 Å². The average molecular weight is 397 g/mol. The van der Waals surface area contributed by atoms with Gasteiger partial charge in [-0.1, -0.05) is 18.2 Å². The van der Waals surface area contributed by atoms with Gasteiger partial charge in [0, 0.05) is 51.5 Å². The van der Waals surface area contributed by atoms with Crippen molar-refractivity contribution in [2.24, 2.45) is 0 Å². The van der Waals surface area contributed by atoms with Crippen molar-refractivity contribution < 1.29 is 9.18 Å². The first-order valence-corrected chi connectivity index (χ1v) is 10.3. The normalized spacial score (nSPS) is 18.1. The summed E-state index contributed by atoms with van der Waals surface area (Å²) in [4.78, 5) is 23.4. The van der Waals surface area contributed by atoms with Gasteiger partial charge in [0.2, 0.25) is 0 Å². The van der Waals surface area contributed by atoms with Gasteiger partial charge in [-0.15, -0.1) is 0 Å². The molecule has 2 amide bonds. The lowest BCUT2D eigenvalue weighted by Gasteiger charge is -2.38. The molecule has 0 atom stereocenters. The predicted molar refractivity (Wildman–Crippen MR) is 113 cm³/mol. The Kier molecular flexibility index (Phi) is 5.83. The van der Waals surface area contributed by atoms with E-state index < -0.39 is 0 Å². The molecule has 0 aliphatic carbocycles. The van der Waals surface area contributed by atoms with Gasteiger partial charge >= 0.3 is 6.03 Å². The quantitative estimate of drug-likeness (QED) is 0.865. The molecule has 2 aliphatic rings. The van der Waals surface area contributed by atoms with E-state index in [1.54, 1.807) is 6.07 Å². The van der Waals surface area contributed by atoms with E-state index in [1.807, 2.05) is 29.3 Å². The number of para-hydroxylation sites is 1. The predicted octanol–water partition coefficient (Wildman–Crippen LogP) is 3.03. The smallest absolute Gasteiger partial charge is 0.317 e. The van der Waals surface area contributed by atoms with E-state index >= 15 is 0 Å². The summed E-state index contributed by atoms with van der Waals surface area (Å²) in [6.07, 6.45) is 3.47. The fourth-order valence-electron chi connectivity index (χ4n) is 4.17. The number of hydrogen-bond acceptors (Lipinski definition) is 4. The van der Waals surface area contributed by atoms with Crippen LogP contribution in [-0.2, 0) is 0 Å². The summed E-state index contributed by atoms with van der Waals surface area (Å²) in [6, 6.07) is 11.0. The molecule has 1 aromatic carbocycles. The molecule has 2 saturated heterocycles. The van der Waals surface area contributed by atoms with Crippen molar-refractivity contribution in [3.05, 3.63) is 54.0 Å². The topological polar surface area (TPSA) is 51.7 Å². The highest BCUT2D eigenvalue weighted by atomic mass is 19.1. The Morgan fingerprint density at radius 2 is 1.72 bits per heavy atom. The van der Waals surface area contributed by atoms with Gasteiger partial charge in [-0.05, 0) is 43.5 Å². The number of aryl methyl sites for hydroxylation is 1. The first-order chi connectivity index (χ1) is 14.1. The van der Waals surface area contributed by atoms with E-state index in [0.29, 0.717) is 18.8 Å². The molecule has 1 N–H and O–H groups in total. The minimum absolute atomic E-state index is 0.00624. The molecule has 0 unspecified atom stereocenters. The number of carbonyl (C=O) groups excluding carboxylic acids is 1. The summed E-state index contributed by atoms with van der Waals surface area (Å²) in [6.45, 7) is 6.52. The maximum absolute atomic E-state index is 14.0. The Morgan fingerprint density at radius 1 is 1.00 bits per heavy atom. The molecular formula is C22H28FN5O. The number of benzene rings is 1. The van der Waals surface area contributed by atoms with Crippen molar-refractivity contribution in [2.45, 2.75) is 25.8 Å².